The Morgan fingerprint density at radius 1 is 1.50 bits per heavy atom. The van der Waals surface area contributed by atoms with E-state index in [1.165, 1.54) is 0 Å². The van der Waals surface area contributed by atoms with Crippen LogP contribution in [0.1, 0.15) is 33.0 Å². The summed E-state index contributed by atoms with van der Waals surface area (Å²) >= 11 is 0. The van der Waals surface area contributed by atoms with Gasteiger partial charge in [0.15, 0.2) is 0 Å². The molecular weight excluding hydrogens is 176 g/mol. The van der Waals surface area contributed by atoms with Crippen molar-refractivity contribution in [2.45, 2.75) is 39.7 Å². The van der Waals surface area contributed by atoms with Gasteiger partial charge < -0.3 is 5.73 Å². The summed E-state index contributed by atoms with van der Waals surface area (Å²) in [6.07, 6.45) is 3.43. The molecule has 1 aromatic rings. The van der Waals surface area contributed by atoms with Crippen LogP contribution in [-0.2, 0) is 13.5 Å². The lowest BCUT2D eigenvalue weighted by molar-refractivity contribution is 0.304. The third-order valence-corrected chi connectivity index (χ3v) is 2.60. The van der Waals surface area contributed by atoms with Crippen LogP contribution in [0.2, 0.25) is 0 Å². The van der Waals surface area contributed by atoms with Gasteiger partial charge in [-0.2, -0.15) is 5.10 Å². The van der Waals surface area contributed by atoms with Gasteiger partial charge in [0.2, 0.25) is 0 Å². The number of nitrogens with two attached hydrogens (primary N) is 1. The molecule has 1 rings (SSSR count). The van der Waals surface area contributed by atoms with E-state index in [4.69, 9.17) is 5.73 Å². The number of rotatable bonds is 3. The van der Waals surface area contributed by atoms with E-state index in [-0.39, 0.29) is 11.5 Å². The maximum atomic E-state index is 6.06. The maximum Gasteiger partial charge on any atom is 0.138 e. The van der Waals surface area contributed by atoms with E-state index in [9.17, 15) is 0 Å². The van der Waals surface area contributed by atoms with Gasteiger partial charge >= 0.3 is 0 Å². The fourth-order valence-corrected chi connectivity index (χ4v) is 1.26. The van der Waals surface area contributed by atoms with Gasteiger partial charge in [-0.05, 0) is 11.8 Å². The number of nitrogens with zero attached hydrogens (tertiary/aromatic N) is 3. The van der Waals surface area contributed by atoms with E-state index < -0.39 is 0 Å². The maximum absolute atomic E-state index is 6.06. The lowest BCUT2D eigenvalue weighted by Gasteiger charge is -2.26. The Hall–Kier alpha value is -0.900. The Kier molecular flexibility index (Phi) is 3.26. The van der Waals surface area contributed by atoms with E-state index in [1.54, 1.807) is 11.0 Å². The molecule has 4 heteroatoms. The average Bonchev–Trinajstić information content (AvgIpc) is 2.45. The summed E-state index contributed by atoms with van der Waals surface area (Å²) in [6.45, 7) is 6.48. The largest absolute Gasteiger partial charge is 0.327 e. The van der Waals surface area contributed by atoms with Crippen molar-refractivity contribution in [3.05, 3.63) is 12.2 Å². The van der Waals surface area contributed by atoms with Crippen molar-refractivity contribution in [2.24, 2.45) is 18.2 Å². The molecule has 0 spiro atoms. The second-order valence-electron chi connectivity index (χ2n) is 4.81. The SMILES string of the molecule is Cn1ncnc1CCC(N)C(C)(C)C. The zero-order chi connectivity index (χ0) is 10.8. The van der Waals surface area contributed by atoms with Gasteiger partial charge in [-0.25, -0.2) is 4.98 Å². The van der Waals surface area contributed by atoms with Crippen LogP contribution < -0.4 is 5.73 Å². The highest BCUT2D eigenvalue weighted by Gasteiger charge is 2.20. The van der Waals surface area contributed by atoms with Crippen LogP contribution in [-0.4, -0.2) is 20.8 Å². The highest BCUT2D eigenvalue weighted by Crippen LogP contribution is 2.20. The van der Waals surface area contributed by atoms with Crippen molar-refractivity contribution in [3.8, 4) is 0 Å². The monoisotopic (exact) mass is 196 g/mol. The Balaban J connectivity index is 2.46. The summed E-state index contributed by atoms with van der Waals surface area (Å²) in [7, 11) is 1.91. The number of aromatic nitrogens is 3. The summed E-state index contributed by atoms with van der Waals surface area (Å²) in [5, 5.41) is 4.02. The minimum Gasteiger partial charge on any atom is -0.327 e. The van der Waals surface area contributed by atoms with Crippen molar-refractivity contribution in [3.63, 3.8) is 0 Å². The van der Waals surface area contributed by atoms with Gasteiger partial charge in [0.05, 0.1) is 0 Å². The molecule has 1 aromatic heterocycles. The second-order valence-corrected chi connectivity index (χ2v) is 4.81. The molecule has 0 bridgehead atoms. The van der Waals surface area contributed by atoms with E-state index in [1.807, 2.05) is 7.05 Å². The molecule has 14 heavy (non-hydrogen) atoms. The molecule has 1 atom stereocenters. The van der Waals surface area contributed by atoms with Crippen LogP contribution in [0.4, 0.5) is 0 Å². The predicted molar refractivity (Wildman–Crippen MR) is 56.8 cm³/mol. The second kappa shape index (κ2) is 4.09. The van der Waals surface area contributed by atoms with Crippen LogP contribution in [0, 0.1) is 5.41 Å². The predicted octanol–water partition coefficient (Wildman–Crippen LogP) is 1.12. The number of aryl methyl sites for hydroxylation is 2. The number of hydrogen-bond donors (Lipinski definition) is 1. The lowest BCUT2D eigenvalue weighted by atomic mass is 9.85. The molecule has 0 aliphatic heterocycles. The van der Waals surface area contributed by atoms with Crippen LogP contribution in [0.25, 0.3) is 0 Å². The van der Waals surface area contributed by atoms with Crippen LogP contribution in [0.15, 0.2) is 6.33 Å². The summed E-state index contributed by atoms with van der Waals surface area (Å²) < 4.78 is 1.80. The molecule has 0 amide bonds. The molecule has 4 nitrogen and oxygen atoms in total. The first kappa shape index (κ1) is 11.2. The van der Waals surface area contributed by atoms with E-state index in [0.29, 0.717) is 0 Å². The highest BCUT2D eigenvalue weighted by molar-refractivity contribution is 4.87. The van der Waals surface area contributed by atoms with Crippen LogP contribution in [0.3, 0.4) is 0 Å². The molecule has 0 aliphatic rings. The van der Waals surface area contributed by atoms with Gasteiger partial charge in [-0.15, -0.1) is 0 Å². The summed E-state index contributed by atoms with van der Waals surface area (Å²) in [4.78, 5) is 4.17. The Morgan fingerprint density at radius 2 is 2.14 bits per heavy atom. The summed E-state index contributed by atoms with van der Waals surface area (Å²) in [5.41, 5.74) is 6.23. The van der Waals surface area contributed by atoms with Crippen molar-refractivity contribution < 1.29 is 0 Å². The van der Waals surface area contributed by atoms with Gasteiger partial charge in [-0.3, -0.25) is 4.68 Å². The minimum atomic E-state index is 0.165. The highest BCUT2D eigenvalue weighted by atomic mass is 15.3. The fourth-order valence-electron chi connectivity index (χ4n) is 1.26. The molecule has 0 fully saturated rings. The van der Waals surface area contributed by atoms with Gasteiger partial charge in [0.1, 0.15) is 12.2 Å². The minimum absolute atomic E-state index is 0.165. The van der Waals surface area contributed by atoms with Gasteiger partial charge in [-0.1, -0.05) is 20.8 Å². The van der Waals surface area contributed by atoms with Crippen LogP contribution in [0.5, 0.6) is 0 Å². The average molecular weight is 196 g/mol. The molecule has 0 aliphatic carbocycles. The smallest absolute Gasteiger partial charge is 0.138 e. The Bertz CT molecular complexity index is 285. The first-order valence-electron chi connectivity index (χ1n) is 4.99. The van der Waals surface area contributed by atoms with Crippen molar-refractivity contribution >= 4 is 0 Å². The molecule has 0 saturated carbocycles. The first-order chi connectivity index (χ1) is 6.41. The molecule has 0 radical (unpaired) electrons. The zero-order valence-electron chi connectivity index (χ0n) is 9.49. The van der Waals surface area contributed by atoms with E-state index in [0.717, 1.165) is 18.7 Å². The third-order valence-electron chi connectivity index (χ3n) is 2.60. The topological polar surface area (TPSA) is 56.7 Å². The quantitative estimate of drug-likeness (QED) is 0.788. The molecule has 1 heterocycles. The van der Waals surface area contributed by atoms with Crippen molar-refractivity contribution in [1.82, 2.24) is 14.8 Å². The molecular formula is C10H20N4. The standard InChI is InChI=1S/C10H20N4/c1-10(2,3)8(11)5-6-9-12-7-13-14(9)4/h7-8H,5-6,11H2,1-4H3. The molecule has 0 saturated heterocycles. The Morgan fingerprint density at radius 3 is 2.57 bits per heavy atom. The molecule has 1 unspecified atom stereocenters. The third kappa shape index (κ3) is 2.80. The first-order valence-corrected chi connectivity index (χ1v) is 4.99. The number of hydrogen-bond acceptors (Lipinski definition) is 3. The Labute approximate surface area is 85.5 Å². The van der Waals surface area contributed by atoms with Gasteiger partial charge in [0.25, 0.3) is 0 Å². The van der Waals surface area contributed by atoms with Crippen molar-refractivity contribution in [2.75, 3.05) is 0 Å². The summed E-state index contributed by atoms with van der Waals surface area (Å²) in [6, 6.07) is 0.208. The lowest BCUT2D eigenvalue weighted by Crippen LogP contribution is -2.35. The van der Waals surface area contributed by atoms with Crippen molar-refractivity contribution in [1.29, 1.82) is 0 Å². The van der Waals surface area contributed by atoms with E-state index >= 15 is 0 Å². The van der Waals surface area contributed by atoms with Gasteiger partial charge in [0, 0.05) is 19.5 Å². The van der Waals surface area contributed by atoms with E-state index in [2.05, 4.69) is 30.9 Å². The molecule has 2 N–H and O–H groups in total. The zero-order valence-corrected chi connectivity index (χ0v) is 9.49. The normalized spacial score (nSPS) is 14.4. The molecule has 80 valence electrons. The fraction of sp³-hybridized carbons (Fsp3) is 0.800. The summed E-state index contributed by atoms with van der Waals surface area (Å²) in [5.74, 6) is 1.00. The van der Waals surface area contributed by atoms with Crippen LogP contribution >= 0.6 is 0 Å². The molecule has 0 aromatic carbocycles.